The van der Waals surface area contributed by atoms with Crippen LogP contribution in [0, 0.1) is 0 Å². The van der Waals surface area contributed by atoms with Crippen LogP contribution in [0.2, 0.25) is 10.0 Å². The van der Waals surface area contributed by atoms with Crippen molar-refractivity contribution in [3.8, 4) is 5.75 Å². The molecule has 4 nitrogen and oxygen atoms in total. The van der Waals surface area contributed by atoms with Gasteiger partial charge in [0, 0.05) is 4.88 Å². The van der Waals surface area contributed by atoms with Gasteiger partial charge in [0.1, 0.15) is 17.4 Å². The number of hydrogen-bond donors (Lipinski definition) is 2. The molecule has 0 fully saturated rings. The molecular formula is C12H10Cl2N2O2S. The Morgan fingerprint density at radius 3 is 2.84 bits per heavy atom. The van der Waals surface area contributed by atoms with E-state index in [2.05, 4.69) is 5.43 Å². The van der Waals surface area contributed by atoms with E-state index in [1.54, 1.807) is 30.3 Å². The number of benzene rings is 1. The van der Waals surface area contributed by atoms with Gasteiger partial charge < -0.3 is 4.74 Å². The zero-order chi connectivity index (χ0) is 13.8. The number of carbonyl (C=O) groups excluding carboxylic acids is 1. The first kappa shape index (κ1) is 14.1. The number of ether oxygens (including phenoxy) is 1. The fourth-order valence-corrected chi connectivity index (χ4v) is 2.56. The summed E-state index contributed by atoms with van der Waals surface area (Å²) in [7, 11) is 0. The summed E-state index contributed by atoms with van der Waals surface area (Å²) >= 11 is 13.2. The highest BCUT2D eigenvalue weighted by Crippen LogP contribution is 2.32. The maximum Gasteiger partial charge on any atom is 0.275 e. The molecule has 1 aromatic carbocycles. The summed E-state index contributed by atoms with van der Waals surface area (Å²) < 4.78 is 5.56. The van der Waals surface area contributed by atoms with Crippen molar-refractivity contribution in [3.05, 3.63) is 50.1 Å². The predicted molar refractivity (Wildman–Crippen MR) is 76.8 cm³/mol. The highest BCUT2D eigenvalue weighted by molar-refractivity contribution is 7.14. The lowest BCUT2D eigenvalue weighted by molar-refractivity contribution is 0.0957. The fourth-order valence-electron chi connectivity index (χ4n) is 1.39. The Bertz CT molecular complexity index is 601. The lowest BCUT2D eigenvalue weighted by Gasteiger charge is -2.07. The van der Waals surface area contributed by atoms with Gasteiger partial charge in [-0.1, -0.05) is 29.3 Å². The van der Waals surface area contributed by atoms with Crippen molar-refractivity contribution in [3.63, 3.8) is 0 Å². The van der Waals surface area contributed by atoms with E-state index in [0.717, 1.165) is 4.88 Å². The number of nitrogens with two attached hydrogens (primary N) is 1. The first-order valence-electron chi connectivity index (χ1n) is 5.28. The zero-order valence-corrected chi connectivity index (χ0v) is 12.0. The van der Waals surface area contributed by atoms with Crippen LogP contribution < -0.4 is 16.0 Å². The van der Waals surface area contributed by atoms with Gasteiger partial charge in [-0.05, 0) is 24.3 Å². The Morgan fingerprint density at radius 2 is 2.11 bits per heavy atom. The van der Waals surface area contributed by atoms with E-state index in [9.17, 15) is 4.79 Å². The molecule has 19 heavy (non-hydrogen) atoms. The summed E-state index contributed by atoms with van der Waals surface area (Å²) in [6.07, 6.45) is 0. The first-order valence-corrected chi connectivity index (χ1v) is 6.85. The van der Waals surface area contributed by atoms with E-state index in [0.29, 0.717) is 27.3 Å². The molecule has 1 heterocycles. The van der Waals surface area contributed by atoms with E-state index < -0.39 is 0 Å². The van der Waals surface area contributed by atoms with E-state index in [-0.39, 0.29) is 5.91 Å². The lowest BCUT2D eigenvalue weighted by atomic mass is 10.3. The highest BCUT2D eigenvalue weighted by atomic mass is 35.5. The highest BCUT2D eigenvalue weighted by Gasteiger charge is 2.09. The van der Waals surface area contributed by atoms with Crippen LogP contribution in [0.15, 0.2) is 30.3 Å². The Kier molecular flexibility index (Phi) is 4.66. The van der Waals surface area contributed by atoms with Crippen LogP contribution in [0.25, 0.3) is 0 Å². The minimum atomic E-state index is -0.322. The van der Waals surface area contributed by atoms with E-state index in [1.807, 2.05) is 0 Å². The summed E-state index contributed by atoms with van der Waals surface area (Å²) in [6.45, 7) is 0.308. The second-order valence-corrected chi connectivity index (χ2v) is 5.53. The maximum absolute atomic E-state index is 11.3. The summed E-state index contributed by atoms with van der Waals surface area (Å²) in [5.41, 5.74) is 2.08. The molecule has 0 aliphatic carbocycles. The number of halogens is 2. The van der Waals surface area contributed by atoms with Gasteiger partial charge in [0.2, 0.25) is 0 Å². The van der Waals surface area contributed by atoms with Gasteiger partial charge in [0.05, 0.1) is 9.90 Å². The van der Waals surface area contributed by atoms with E-state index in [4.69, 9.17) is 33.8 Å². The maximum atomic E-state index is 11.3. The second kappa shape index (κ2) is 6.25. The molecule has 2 aromatic rings. The molecule has 0 saturated heterocycles. The van der Waals surface area contributed by atoms with Gasteiger partial charge in [-0.3, -0.25) is 10.2 Å². The van der Waals surface area contributed by atoms with Gasteiger partial charge >= 0.3 is 0 Å². The van der Waals surface area contributed by atoms with Crippen LogP contribution in [0.4, 0.5) is 0 Å². The minimum Gasteiger partial charge on any atom is -0.486 e. The molecule has 0 bridgehead atoms. The van der Waals surface area contributed by atoms with E-state index >= 15 is 0 Å². The van der Waals surface area contributed by atoms with Crippen LogP contribution >= 0.6 is 34.5 Å². The van der Waals surface area contributed by atoms with Crippen LogP contribution in [0.5, 0.6) is 5.75 Å². The van der Waals surface area contributed by atoms with Crippen molar-refractivity contribution in [2.45, 2.75) is 6.61 Å². The number of hydrazine groups is 1. The first-order chi connectivity index (χ1) is 9.11. The monoisotopic (exact) mass is 316 g/mol. The third kappa shape index (κ3) is 3.39. The third-order valence-corrected chi connectivity index (χ3v) is 4.16. The van der Waals surface area contributed by atoms with Gasteiger partial charge in [-0.25, -0.2) is 5.84 Å². The zero-order valence-electron chi connectivity index (χ0n) is 9.65. The molecule has 3 N–H and O–H groups in total. The molecular weight excluding hydrogens is 307 g/mol. The average Bonchev–Trinajstić information content (AvgIpc) is 2.88. The molecule has 0 unspecified atom stereocenters. The number of rotatable bonds is 4. The molecule has 0 radical (unpaired) electrons. The summed E-state index contributed by atoms with van der Waals surface area (Å²) in [5, 5.41) is 0.814. The smallest absolute Gasteiger partial charge is 0.275 e. The SMILES string of the molecule is NNC(=O)c1ccc(COc2cccc(Cl)c2Cl)s1. The van der Waals surface area contributed by atoms with Crippen LogP contribution in [-0.4, -0.2) is 5.91 Å². The average molecular weight is 317 g/mol. The molecule has 0 atom stereocenters. The minimum absolute atomic E-state index is 0.308. The summed E-state index contributed by atoms with van der Waals surface area (Å²) in [5.74, 6) is 5.24. The number of nitrogen functional groups attached to an aromatic ring is 1. The van der Waals surface area contributed by atoms with Crippen molar-refractivity contribution in [1.29, 1.82) is 0 Å². The van der Waals surface area contributed by atoms with Crippen LogP contribution in [0.1, 0.15) is 14.5 Å². The largest absolute Gasteiger partial charge is 0.486 e. The Morgan fingerprint density at radius 1 is 1.32 bits per heavy atom. The van der Waals surface area contributed by atoms with Gasteiger partial charge in [0.15, 0.2) is 0 Å². The quantitative estimate of drug-likeness (QED) is 0.517. The van der Waals surface area contributed by atoms with Crippen molar-refractivity contribution in [1.82, 2.24) is 5.43 Å². The normalized spacial score (nSPS) is 10.3. The van der Waals surface area contributed by atoms with Crippen LogP contribution in [0.3, 0.4) is 0 Å². The lowest BCUT2D eigenvalue weighted by Crippen LogP contribution is -2.29. The van der Waals surface area contributed by atoms with Crippen molar-refractivity contribution in [2.75, 3.05) is 0 Å². The predicted octanol–water partition coefficient (Wildman–Crippen LogP) is 3.24. The number of nitrogens with one attached hydrogen (secondary N) is 1. The topological polar surface area (TPSA) is 64.3 Å². The number of hydrogen-bond acceptors (Lipinski definition) is 4. The van der Waals surface area contributed by atoms with Gasteiger partial charge in [-0.15, -0.1) is 11.3 Å². The van der Waals surface area contributed by atoms with Gasteiger partial charge in [-0.2, -0.15) is 0 Å². The second-order valence-electron chi connectivity index (χ2n) is 3.58. The molecule has 1 amide bonds. The summed E-state index contributed by atoms with van der Waals surface area (Å²) in [6, 6.07) is 8.66. The van der Waals surface area contributed by atoms with E-state index in [1.165, 1.54) is 11.3 Å². The van der Waals surface area contributed by atoms with Crippen molar-refractivity contribution >= 4 is 40.4 Å². The van der Waals surface area contributed by atoms with Crippen LogP contribution in [-0.2, 0) is 6.61 Å². The Hall–Kier alpha value is -1.27. The van der Waals surface area contributed by atoms with Crippen molar-refractivity contribution < 1.29 is 9.53 Å². The molecule has 0 spiro atoms. The van der Waals surface area contributed by atoms with Gasteiger partial charge in [0.25, 0.3) is 5.91 Å². The third-order valence-electron chi connectivity index (χ3n) is 2.30. The molecule has 100 valence electrons. The molecule has 0 aliphatic heterocycles. The molecule has 1 aromatic heterocycles. The molecule has 0 aliphatic rings. The molecule has 7 heteroatoms. The number of thiophene rings is 1. The summed E-state index contributed by atoms with van der Waals surface area (Å²) in [4.78, 5) is 12.7. The Labute approximate surface area is 124 Å². The standard InChI is InChI=1S/C12H10Cl2N2O2S/c13-8-2-1-3-9(11(8)14)18-6-7-4-5-10(19-7)12(17)16-15/h1-5H,6,15H2,(H,16,17). The Balaban J connectivity index is 2.04. The molecule has 0 saturated carbocycles. The van der Waals surface area contributed by atoms with Crippen molar-refractivity contribution in [2.24, 2.45) is 5.84 Å². The fraction of sp³-hybridized carbons (Fsp3) is 0.0833. The number of amides is 1. The number of carbonyl (C=O) groups is 1. The molecule has 2 rings (SSSR count).